The molecule has 5 nitrogen and oxygen atoms in total. The number of hydrogen-bond donors (Lipinski definition) is 1. The lowest BCUT2D eigenvalue weighted by Gasteiger charge is -2.21. The Morgan fingerprint density at radius 2 is 2.00 bits per heavy atom. The van der Waals surface area contributed by atoms with Crippen molar-refractivity contribution in [3.63, 3.8) is 0 Å². The van der Waals surface area contributed by atoms with Crippen molar-refractivity contribution < 1.29 is 4.79 Å². The second-order valence-corrected chi connectivity index (χ2v) is 7.38. The molecular weight excluding hydrogens is 336 g/mol. The van der Waals surface area contributed by atoms with Crippen LogP contribution >= 0.6 is 11.6 Å². The molecule has 1 aromatic heterocycles. The molecule has 1 aliphatic rings. The number of amides is 1. The third-order valence-electron chi connectivity index (χ3n) is 5.16. The lowest BCUT2D eigenvalue weighted by atomic mass is 10.1. The Labute approximate surface area is 153 Å². The molecule has 0 spiro atoms. The second-order valence-electron chi connectivity index (χ2n) is 6.95. The number of nitrogens with zero attached hydrogens (tertiary/aromatic N) is 3. The molecular formula is C19H25ClN4O. The molecule has 1 fully saturated rings. The quantitative estimate of drug-likeness (QED) is 0.911. The molecule has 2 atom stereocenters. The van der Waals surface area contributed by atoms with Crippen molar-refractivity contribution in [2.45, 2.75) is 39.7 Å². The van der Waals surface area contributed by atoms with Gasteiger partial charge in [0.2, 0.25) is 5.91 Å². The molecule has 2 aromatic rings. The standard InChI is InChI=1S/C19H25ClN4O/c1-12-8-15(10-21)11-23(12)19(25)9-18-13(2)22-24(14(18)3)17-6-4-16(20)5-7-17/h4-7,12,15H,8-11,21H2,1-3H3. The number of benzene rings is 1. The minimum atomic E-state index is 0.158. The van der Waals surface area contributed by atoms with Gasteiger partial charge in [0.05, 0.1) is 17.8 Å². The lowest BCUT2D eigenvalue weighted by Crippen LogP contribution is -2.35. The number of rotatable bonds is 4. The van der Waals surface area contributed by atoms with Crippen molar-refractivity contribution >= 4 is 17.5 Å². The first-order valence-corrected chi connectivity index (χ1v) is 9.09. The van der Waals surface area contributed by atoms with Gasteiger partial charge in [0, 0.05) is 28.9 Å². The maximum Gasteiger partial charge on any atom is 0.227 e. The maximum atomic E-state index is 12.8. The summed E-state index contributed by atoms with van der Waals surface area (Å²) in [6, 6.07) is 7.81. The SMILES string of the molecule is Cc1nn(-c2ccc(Cl)cc2)c(C)c1CC(=O)N1CC(CN)CC1C. The van der Waals surface area contributed by atoms with Crippen molar-refractivity contribution in [3.8, 4) is 5.69 Å². The molecule has 0 radical (unpaired) electrons. The molecule has 6 heteroatoms. The van der Waals surface area contributed by atoms with E-state index in [0.29, 0.717) is 23.9 Å². The third kappa shape index (κ3) is 3.58. The first-order valence-electron chi connectivity index (χ1n) is 8.71. The van der Waals surface area contributed by atoms with Crippen LogP contribution in [0.5, 0.6) is 0 Å². The Morgan fingerprint density at radius 1 is 1.32 bits per heavy atom. The average Bonchev–Trinajstić information content (AvgIpc) is 3.10. The fourth-order valence-electron chi connectivity index (χ4n) is 3.68. The molecule has 25 heavy (non-hydrogen) atoms. The van der Waals surface area contributed by atoms with Crippen LogP contribution in [0, 0.1) is 19.8 Å². The van der Waals surface area contributed by atoms with E-state index in [4.69, 9.17) is 17.3 Å². The molecule has 1 aliphatic heterocycles. The third-order valence-corrected chi connectivity index (χ3v) is 5.41. The van der Waals surface area contributed by atoms with E-state index in [1.807, 2.05) is 47.7 Å². The lowest BCUT2D eigenvalue weighted by molar-refractivity contribution is -0.131. The van der Waals surface area contributed by atoms with Crippen molar-refractivity contribution in [2.75, 3.05) is 13.1 Å². The number of aryl methyl sites for hydroxylation is 1. The van der Waals surface area contributed by atoms with Crippen molar-refractivity contribution in [1.29, 1.82) is 0 Å². The fourth-order valence-corrected chi connectivity index (χ4v) is 3.80. The van der Waals surface area contributed by atoms with Crippen molar-refractivity contribution in [3.05, 3.63) is 46.2 Å². The number of nitrogens with two attached hydrogens (primary N) is 1. The van der Waals surface area contributed by atoms with Gasteiger partial charge < -0.3 is 10.6 Å². The minimum absolute atomic E-state index is 0.158. The van der Waals surface area contributed by atoms with Crippen LogP contribution in [0.25, 0.3) is 5.69 Å². The number of aromatic nitrogens is 2. The monoisotopic (exact) mass is 360 g/mol. The molecule has 0 saturated carbocycles. The van der Waals surface area contributed by atoms with Gasteiger partial charge in [-0.3, -0.25) is 4.79 Å². The van der Waals surface area contributed by atoms with E-state index in [9.17, 15) is 4.79 Å². The molecule has 2 unspecified atom stereocenters. The summed E-state index contributed by atoms with van der Waals surface area (Å²) >= 11 is 5.97. The zero-order valence-corrected chi connectivity index (χ0v) is 15.8. The van der Waals surface area contributed by atoms with E-state index in [-0.39, 0.29) is 11.9 Å². The van der Waals surface area contributed by atoms with Gasteiger partial charge >= 0.3 is 0 Å². The summed E-state index contributed by atoms with van der Waals surface area (Å²) < 4.78 is 1.88. The molecule has 2 N–H and O–H groups in total. The minimum Gasteiger partial charge on any atom is -0.339 e. The van der Waals surface area contributed by atoms with Crippen molar-refractivity contribution in [2.24, 2.45) is 11.7 Å². The Morgan fingerprint density at radius 3 is 2.60 bits per heavy atom. The second kappa shape index (κ2) is 7.18. The van der Waals surface area contributed by atoms with Gasteiger partial charge in [-0.15, -0.1) is 0 Å². The Balaban J connectivity index is 1.81. The van der Waals surface area contributed by atoms with E-state index in [1.165, 1.54) is 0 Å². The van der Waals surface area contributed by atoms with Crippen molar-refractivity contribution in [1.82, 2.24) is 14.7 Å². The molecule has 1 amide bonds. The summed E-state index contributed by atoms with van der Waals surface area (Å²) in [4.78, 5) is 14.8. The van der Waals surface area contributed by atoms with Crippen LogP contribution in [0.15, 0.2) is 24.3 Å². The highest BCUT2D eigenvalue weighted by atomic mass is 35.5. The zero-order valence-electron chi connectivity index (χ0n) is 15.0. The molecule has 2 heterocycles. The summed E-state index contributed by atoms with van der Waals surface area (Å²) in [5.74, 6) is 0.572. The molecule has 1 aromatic carbocycles. The predicted molar refractivity (Wildman–Crippen MR) is 100 cm³/mol. The summed E-state index contributed by atoms with van der Waals surface area (Å²) in [5.41, 5.74) is 9.61. The average molecular weight is 361 g/mol. The van der Waals surface area contributed by atoms with Gasteiger partial charge in [0.25, 0.3) is 0 Å². The molecule has 1 saturated heterocycles. The summed E-state index contributed by atoms with van der Waals surface area (Å²) in [6.45, 7) is 7.47. The number of carbonyl (C=O) groups excluding carboxylic acids is 1. The Hall–Kier alpha value is -1.85. The van der Waals surface area contributed by atoms with Crippen LogP contribution in [0.1, 0.15) is 30.3 Å². The summed E-state index contributed by atoms with van der Waals surface area (Å²) in [7, 11) is 0. The summed E-state index contributed by atoms with van der Waals surface area (Å²) in [6.07, 6.45) is 1.37. The highest BCUT2D eigenvalue weighted by Crippen LogP contribution is 2.25. The molecule has 134 valence electrons. The van der Waals surface area contributed by atoms with Gasteiger partial charge in [-0.2, -0.15) is 5.10 Å². The van der Waals surface area contributed by atoms with Crippen LogP contribution in [0.3, 0.4) is 0 Å². The number of likely N-dealkylation sites (tertiary alicyclic amines) is 1. The van der Waals surface area contributed by atoms with Gasteiger partial charge in [0.1, 0.15) is 0 Å². The first kappa shape index (κ1) is 18.0. The molecule has 0 bridgehead atoms. The van der Waals surface area contributed by atoms with E-state index in [2.05, 4.69) is 12.0 Å². The normalized spacial score (nSPS) is 20.3. The van der Waals surface area contributed by atoms with Crippen LogP contribution in [-0.2, 0) is 11.2 Å². The highest BCUT2D eigenvalue weighted by molar-refractivity contribution is 6.30. The zero-order chi connectivity index (χ0) is 18.1. The van der Waals surface area contributed by atoms with E-state index < -0.39 is 0 Å². The largest absolute Gasteiger partial charge is 0.339 e. The highest BCUT2D eigenvalue weighted by Gasteiger charge is 2.32. The van der Waals surface area contributed by atoms with Crippen LogP contribution < -0.4 is 5.73 Å². The van der Waals surface area contributed by atoms with Crippen LogP contribution in [0.4, 0.5) is 0 Å². The van der Waals surface area contributed by atoms with E-state index >= 15 is 0 Å². The fraction of sp³-hybridized carbons (Fsp3) is 0.474. The number of hydrogen-bond acceptors (Lipinski definition) is 3. The Bertz CT molecular complexity index is 768. The number of carbonyl (C=O) groups is 1. The Kier molecular flexibility index (Phi) is 5.16. The van der Waals surface area contributed by atoms with E-state index in [1.54, 1.807) is 0 Å². The first-order chi connectivity index (χ1) is 11.9. The summed E-state index contributed by atoms with van der Waals surface area (Å²) in [5, 5.41) is 5.32. The van der Waals surface area contributed by atoms with E-state index in [0.717, 1.165) is 35.6 Å². The number of halogens is 1. The van der Waals surface area contributed by atoms with Gasteiger partial charge in [-0.25, -0.2) is 4.68 Å². The van der Waals surface area contributed by atoms with Crippen LogP contribution in [-0.4, -0.2) is 39.7 Å². The van der Waals surface area contributed by atoms with Crippen LogP contribution in [0.2, 0.25) is 5.02 Å². The molecule has 3 rings (SSSR count). The molecule has 0 aliphatic carbocycles. The smallest absolute Gasteiger partial charge is 0.227 e. The predicted octanol–water partition coefficient (Wildman–Crippen LogP) is 2.88. The van der Waals surface area contributed by atoms with Gasteiger partial charge in [0.15, 0.2) is 0 Å². The topological polar surface area (TPSA) is 64.2 Å². The van der Waals surface area contributed by atoms with Gasteiger partial charge in [-0.05, 0) is 63.9 Å². The van der Waals surface area contributed by atoms with Gasteiger partial charge in [-0.1, -0.05) is 11.6 Å². The maximum absolute atomic E-state index is 12.8.